The summed E-state index contributed by atoms with van der Waals surface area (Å²) in [4.78, 5) is 61.8. The first-order valence-corrected chi connectivity index (χ1v) is 21.1. The standard InChI is InChI=1S/C48H54N4O6/c1-5-57-45(55)47(19-20-47)18-17-34-26-50-42(25-38(34)31-13-14-31)44(54)52-40-12-8-11-37(30(40)4)36-10-7-9-33(29(36)3)23-43(53)41-24-39(32-15-16-32)35(27-49-41)28-51-48(21-22-48)46(56)58-6-2/h7-12,24-27,31-32,51H,5-6,13-23,28H2,1-4H3,(H,52,54). The molecule has 302 valence electrons. The molecule has 0 unspecified atom stereocenters. The van der Waals surface area contributed by atoms with Crippen molar-refractivity contribution in [3.63, 3.8) is 0 Å². The highest BCUT2D eigenvalue weighted by molar-refractivity contribution is 6.04. The van der Waals surface area contributed by atoms with Crippen molar-refractivity contribution in [2.45, 2.75) is 122 Å². The lowest BCUT2D eigenvalue weighted by molar-refractivity contribution is -0.150. The highest BCUT2D eigenvalue weighted by Gasteiger charge is 2.51. The molecular formula is C48H54N4O6. The molecule has 58 heavy (non-hydrogen) atoms. The molecule has 10 heteroatoms. The summed E-state index contributed by atoms with van der Waals surface area (Å²) < 4.78 is 10.6. The van der Waals surface area contributed by atoms with Gasteiger partial charge < -0.3 is 14.8 Å². The largest absolute Gasteiger partial charge is 0.466 e. The Bertz CT molecular complexity index is 2110. The third-order valence-corrected chi connectivity index (χ3v) is 12.7. The summed E-state index contributed by atoms with van der Waals surface area (Å²) in [6, 6.07) is 15.8. The van der Waals surface area contributed by atoms with Crippen LogP contribution in [0.15, 0.2) is 60.9 Å². The summed E-state index contributed by atoms with van der Waals surface area (Å²) in [6.45, 7) is 8.98. The van der Waals surface area contributed by atoms with Crippen molar-refractivity contribution >= 4 is 29.3 Å². The molecule has 0 atom stereocenters. The number of pyridine rings is 2. The lowest BCUT2D eigenvalue weighted by atomic mass is 9.90. The Morgan fingerprint density at radius 1 is 0.724 bits per heavy atom. The van der Waals surface area contributed by atoms with Gasteiger partial charge in [-0.15, -0.1) is 0 Å². The molecule has 10 nitrogen and oxygen atoms in total. The number of carbonyl (C=O) groups is 4. The van der Waals surface area contributed by atoms with Crippen LogP contribution in [0.1, 0.15) is 143 Å². The van der Waals surface area contributed by atoms with E-state index < -0.39 is 5.54 Å². The number of ether oxygens (including phenoxy) is 2. The van der Waals surface area contributed by atoms with Crippen LogP contribution < -0.4 is 10.6 Å². The Hall–Kier alpha value is -5.22. The molecule has 2 aromatic carbocycles. The van der Waals surface area contributed by atoms with Crippen LogP contribution in [0.5, 0.6) is 0 Å². The average molecular weight is 783 g/mol. The number of aromatic nitrogens is 2. The quantitative estimate of drug-likeness (QED) is 0.0751. The second kappa shape index (κ2) is 16.2. The maximum Gasteiger partial charge on any atom is 0.326 e. The fraction of sp³-hybridized carbons (Fsp3) is 0.458. The van der Waals surface area contributed by atoms with E-state index in [4.69, 9.17) is 9.47 Å². The van der Waals surface area contributed by atoms with Crippen molar-refractivity contribution in [1.82, 2.24) is 15.3 Å². The van der Waals surface area contributed by atoms with Crippen LogP contribution >= 0.6 is 0 Å². The third kappa shape index (κ3) is 8.35. The molecule has 0 spiro atoms. The molecule has 4 fully saturated rings. The number of hydrogen-bond donors (Lipinski definition) is 2. The van der Waals surface area contributed by atoms with Gasteiger partial charge in [0.05, 0.1) is 18.6 Å². The third-order valence-electron chi connectivity index (χ3n) is 12.7. The number of nitrogens with one attached hydrogen (secondary N) is 2. The Morgan fingerprint density at radius 2 is 1.33 bits per heavy atom. The molecule has 0 radical (unpaired) electrons. The molecule has 2 N–H and O–H groups in total. The van der Waals surface area contributed by atoms with E-state index in [-0.39, 0.29) is 35.5 Å². The van der Waals surface area contributed by atoms with Crippen molar-refractivity contribution < 1.29 is 28.7 Å². The van der Waals surface area contributed by atoms with Crippen LogP contribution in [-0.4, -0.2) is 52.3 Å². The van der Waals surface area contributed by atoms with Crippen LogP contribution in [-0.2, 0) is 38.4 Å². The van der Waals surface area contributed by atoms with E-state index in [0.717, 1.165) is 114 Å². The number of anilines is 1. The first-order valence-electron chi connectivity index (χ1n) is 21.1. The molecule has 2 aromatic heterocycles. The van der Waals surface area contributed by atoms with Crippen LogP contribution in [0.25, 0.3) is 11.1 Å². The Labute approximate surface area is 340 Å². The minimum Gasteiger partial charge on any atom is -0.466 e. The number of ketones is 1. The molecule has 2 heterocycles. The van der Waals surface area contributed by atoms with Gasteiger partial charge in [0.25, 0.3) is 5.91 Å². The maximum atomic E-state index is 13.8. The van der Waals surface area contributed by atoms with Gasteiger partial charge in [0.2, 0.25) is 0 Å². The summed E-state index contributed by atoms with van der Waals surface area (Å²) in [5.74, 6) is 0.239. The normalized spacial score (nSPS) is 17.3. The predicted octanol–water partition coefficient (Wildman–Crippen LogP) is 8.65. The van der Waals surface area contributed by atoms with Crippen molar-refractivity contribution in [3.8, 4) is 11.1 Å². The molecule has 4 aliphatic rings. The Morgan fingerprint density at radius 3 is 1.98 bits per heavy atom. The van der Waals surface area contributed by atoms with Crippen LogP contribution in [0.2, 0.25) is 0 Å². The zero-order chi connectivity index (χ0) is 40.6. The second-order valence-electron chi connectivity index (χ2n) is 16.9. The first kappa shape index (κ1) is 39.6. The molecule has 8 rings (SSSR count). The highest BCUT2D eigenvalue weighted by atomic mass is 16.5. The topological polar surface area (TPSA) is 137 Å². The van der Waals surface area contributed by atoms with Gasteiger partial charge in [-0.25, -0.2) is 0 Å². The summed E-state index contributed by atoms with van der Waals surface area (Å²) in [7, 11) is 0. The van der Waals surface area contributed by atoms with Crippen molar-refractivity contribution in [1.29, 1.82) is 0 Å². The summed E-state index contributed by atoms with van der Waals surface area (Å²) in [5, 5.41) is 6.56. The number of nitrogens with zero attached hydrogens (tertiary/aromatic N) is 2. The lowest BCUT2D eigenvalue weighted by Crippen LogP contribution is -2.40. The van der Waals surface area contributed by atoms with Crippen LogP contribution in [0, 0.1) is 19.3 Å². The van der Waals surface area contributed by atoms with Gasteiger partial charge in [-0.05, 0) is 172 Å². The van der Waals surface area contributed by atoms with Crippen LogP contribution in [0.3, 0.4) is 0 Å². The molecule has 4 aromatic rings. The summed E-state index contributed by atoms with van der Waals surface area (Å²) in [5.41, 5.74) is 9.84. The fourth-order valence-corrected chi connectivity index (χ4v) is 8.34. The zero-order valence-electron chi connectivity index (χ0n) is 34.2. The minimum absolute atomic E-state index is 0.0419. The lowest BCUT2D eigenvalue weighted by Gasteiger charge is -2.18. The summed E-state index contributed by atoms with van der Waals surface area (Å²) >= 11 is 0. The van der Waals surface area contributed by atoms with Gasteiger partial charge in [-0.3, -0.25) is 34.5 Å². The first-order chi connectivity index (χ1) is 28.0. The molecule has 1 amide bonds. The van der Waals surface area contributed by atoms with Crippen molar-refractivity contribution in [2.75, 3.05) is 18.5 Å². The molecule has 4 aliphatic carbocycles. The number of Topliss-reactive ketones (excluding diaryl/α,β-unsaturated/α-hetero) is 1. The number of amides is 1. The van der Waals surface area contributed by atoms with Crippen molar-refractivity contribution in [3.05, 3.63) is 111 Å². The number of hydrogen-bond acceptors (Lipinski definition) is 9. The van der Waals surface area contributed by atoms with E-state index in [9.17, 15) is 19.2 Å². The number of aryl methyl sites for hydroxylation is 1. The number of carbonyl (C=O) groups excluding carboxylic acids is 4. The average Bonchev–Trinajstić information content (AvgIpc) is 4.02. The Kier molecular flexibility index (Phi) is 11.1. The van der Waals surface area contributed by atoms with Gasteiger partial charge in [-0.2, -0.15) is 0 Å². The number of benzene rings is 2. The van der Waals surface area contributed by atoms with Gasteiger partial charge in [0.1, 0.15) is 16.9 Å². The molecule has 0 bridgehead atoms. The molecular weight excluding hydrogens is 729 g/mol. The number of rotatable bonds is 18. The minimum atomic E-state index is -0.602. The van der Waals surface area contributed by atoms with Crippen molar-refractivity contribution in [2.24, 2.45) is 5.41 Å². The Balaban J connectivity index is 0.950. The fourth-order valence-electron chi connectivity index (χ4n) is 8.34. The van der Waals surface area contributed by atoms with Gasteiger partial charge in [-0.1, -0.05) is 30.3 Å². The van der Waals surface area contributed by atoms with E-state index >= 15 is 0 Å². The smallest absolute Gasteiger partial charge is 0.326 e. The van der Waals surface area contributed by atoms with E-state index in [2.05, 4.69) is 26.7 Å². The maximum absolute atomic E-state index is 13.8. The molecule has 0 aliphatic heterocycles. The molecule has 4 saturated carbocycles. The second-order valence-corrected chi connectivity index (χ2v) is 16.9. The molecule has 0 saturated heterocycles. The van der Waals surface area contributed by atoms with E-state index in [1.165, 1.54) is 0 Å². The van der Waals surface area contributed by atoms with E-state index in [0.29, 0.717) is 48.7 Å². The van der Waals surface area contributed by atoms with E-state index in [1.54, 1.807) is 6.20 Å². The van der Waals surface area contributed by atoms with Crippen LogP contribution in [0.4, 0.5) is 5.69 Å². The highest BCUT2D eigenvalue weighted by Crippen LogP contribution is 2.51. The van der Waals surface area contributed by atoms with Gasteiger partial charge in [0, 0.05) is 31.0 Å². The van der Waals surface area contributed by atoms with Gasteiger partial charge >= 0.3 is 11.9 Å². The number of esters is 2. The summed E-state index contributed by atoms with van der Waals surface area (Å²) in [6.07, 6.45) is 12.9. The SMILES string of the molecule is CCOC(=O)C1(CCc2cnc(C(=O)Nc3cccc(-c4cccc(CC(=O)c5cc(C6CC6)c(CNC6(C(=O)OCC)CC6)cn5)c4C)c3C)cc2C2CC2)CC1. The zero-order valence-corrected chi connectivity index (χ0v) is 34.2. The van der Waals surface area contributed by atoms with Gasteiger partial charge in [0.15, 0.2) is 5.78 Å². The van der Waals surface area contributed by atoms with E-state index in [1.807, 2.05) is 76.4 Å². The monoisotopic (exact) mass is 782 g/mol. The predicted molar refractivity (Wildman–Crippen MR) is 222 cm³/mol.